The van der Waals surface area contributed by atoms with Crippen LogP contribution in [0, 0.1) is 5.82 Å². The number of amides is 1. The van der Waals surface area contributed by atoms with E-state index in [2.05, 4.69) is 9.97 Å². The van der Waals surface area contributed by atoms with Gasteiger partial charge in [0.1, 0.15) is 5.82 Å². The maximum Gasteiger partial charge on any atom is 0.276 e. The van der Waals surface area contributed by atoms with Gasteiger partial charge in [0.25, 0.3) is 5.91 Å². The van der Waals surface area contributed by atoms with E-state index in [0.717, 1.165) is 18.4 Å². The second-order valence-corrected chi connectivity index (χ2v) is 6.54. The molecule has 0 bridgehead atoms. The average Bonchev–Trinajstić information content (AvgIpc) is 3.06. The third kappa shape index (κ3) is 3.61. The van der Waals surface area contributed by atoms with E-state index in [1.165, 1.54) is 18.5 Å². The van der Waals surface area contributed by atoms with Crippen molar-refractivity contribution in [3.63, 3.8) is 0 Å². The summed E-state index contributed by atoms with van der Waals surface area (Å²) in [4.78, 5) is 24.4. The second-order valence-electron chi connectivity index (χ2n) is 6.54. The lowest BCUT2D eigenvalue weighted by Crippen LogP contribution is -2.32. The normalized spacial score (nSPS) is 17.3. The van der Waals surface area contributed by atoms with Crippen LogP contribution in [0.25, 0.3) is 0 Å². The minimum atomic E-state index is -0.258. The Labute approximate surface area is 146 Å². The first kappa shape index (κ1) is 17.3. The molecule has 3 rings (SSSR count). The molecule has 1 fully saturated rings. The second kappa shape index (κ2) is 7.14. The molecule has 1 atom stereocenters. The molecule has 1 amide bonds. The number of benzene rings is 1. The van der Waals surface area contributed by atoms with Gasteiger partial charge in [0.2, 0.25) is 0 Å². The number of nitrogen functional groups attached to an aromatic ring is 1. The van der Waals surface area contributed by atoms with Gasteiger partial charge in [-0.25, -0.2) is 14.4 Å². The van der Waals surface area contributed by atoms with E-state index in [9.17, 15) is 9.18 Å². The van der Waals surface area contributed by atoms with Crippen molar-refractivity contribution in [2.45, 2.75) is 25.4 Å². The van der Waals surface area contributed by atoms with Gasteiger partial charge in [-0.1, -0.05) is 12.1 Å². The monoisotopic (exact) mass is 343 g/mol. The number of nitrogens with two attached hydrogens (primary N) is 1. The van der Waals surface area contributed by atoms with Crippen LogP contribution in [0.3, 0.4) is 0 Å². The quantitative estimate of drug-likeness (QED) is 0.921. The zero-order valence-electron chi connectivity index (χ0n) is 14.4. The molecule has 2 aromatic rings. The van der Waals surface area contributed by atoms with Crippen molar-refractivity contribution in [1.82, 2.24) is 19.8 Å². The van der Waals surface area contributed by atoms with Crippen LogP contribution in [0.4, 0.5) is 10.2 Å². The fraction of sp³-hybridized carbons (Fsp3) is 0.389. The molecular weight excluding hydrogens is 321 g/mol. The summed E-state index contributed by atoms with van der Waals surface area (Å²) in [6.07, 6.45) is 4.55. The average molecular weight is 343 g/mol. The number of halogens is 1. The molecule has 2 N–H and O–H groups in total. The Kier molecular flexibility index (Phi) is 4.94. The van der Waals surface area contributed by atoms with Gasteiger partial charge in [-0.05, 0) is 38.6 Å². The summed E-state index contributed by atoms with van der Waals surface area (Å²) in [5.74, 6) is -0.388. The fourth-order valence-corrected chi connectivity index (χ4v) is 3.25. The standard InChI is InChI=1S/C18H22FN5O/c1-23(2)11-13-6-5-12(10-14(13)19)15-4-3-9-24(15)18(25)16-17(20)22-8-7-21-16/h5-8,10,15H,3-4,9,11H2,1-2H3,(H2,20,22)/t15-/m1/s1. The topological polar surface area (TPSA) is 75.3 Å². The van der Waals surface area contributed by atoms with E-state index in [1.807, 2.05) is 25.1 Å². The molecule has 7 heteroatoms. The molecular formula is C18H22FN5O. The number of carbonyl (C=O) groups excluding carboxylic acids is 1. The number of likely N-dealkylation sites (tertiary alicyclic amines) is 1. The molecule has 1 aliphatic heterocycles. The van der Waals surface area contributed by atoms with Gasteiger partial charge in [0.05, 0.1) is 6.04 Å². The first-order chi connectivity index (χ1) is 12.0. The van der Waals surface area contributed by atoms with E-state index in [-0.39, 0.29) is 29.3 Å². The van der Waals surface area contributed by atoms with Crippen molar-refractivity contribution in [3.05, 3.63) is 53.2 Å². The van der Waals surface area contributed by atoms with Crippen LogP contribution in [-0.2, 0) is 6.54 Å². The number of hydrogen-bond donors (Lipinski definition) is 1. The number of hydrogen-bond acceptors (Lipinski definition) is 5. The molecule has 1 aliphatic rings. The van der Waals surface area contributed by atoms with Gasteiger partial charge in [0, 0.05) is 31.0 Å². The molecule has 132 valence electrons. The lowest BCUT2D eigenvalue weighted by molar-refractivity contribution is 0.0730. The van der Waals surface area contributed by atoms with Crippen LogP contribution in [0.5, 0.6) is 0 Å². The number of carbonyl (C=O) groups is 1. The zero-order valence-corrected chi connectivity index (χ0v) is 14.4. The Hall–Kier alpha value is -2.54. The molecule has 1 aromatic carbocycles. The van der Waals surface area contributed by atoms with E-state index < -0.39 is 0 Å². The van der Waals surface area contributed by atoms with Crippen molar-refractivity contribution in [2.75, 3.05) is 26.4 Å². The molecule has 1 saturated heterocycles. The van der Waals surface area contributed by atoms with Crippen molar-refractivity contribution in [2.24, 2.45) is 0 Å². The highest BCUT2D eigenvalue weighted by molar-refractivity contribution is 5.96. The van der Waals surface area contributed by atoms with Gasteiger partial charge in [-0.15, -0.1) is 0 Å². The van der Waals surface area contributed by atoms with E-state index in [1.54, 1.807) is 11.0 Å². The zero-order chi connectivity index (χ0) is 18.0. The molecule has 2 heterocycles. The molecule has 6 nitrogen and oxygen atoms in total. The van der Waals surface area contributed by atoms with E-state index >= 15 is 0 Å². The number of anilines is 1. The van der Waals surface area contributed by atoms with Crippen LogP contribution in [0.2, 0.25) is 0 Å². The Morgan fingerprint density at radius 3 is 2.80 bits per heavy atom. The first-order valence-corrected chi connectivity index (χ1v) is 8.28. The lowest BCUT2D eigenvalue weighted by Gasteiger charge is -2.25. The molecule has 0 spiro atoms. The number of aromatic nitrogens is 2. The first-order valence-electron chi connectivity index (χ1n) is 8.28. The van der Waals surface area contributed by atoms with Gasteiger partial charge in [0.15, 0.2) is 11.5 Å². The summed E-state index contributed by atoms with van der Waals surface area (Å²) in [5, 5.41) is 0. The van der Waals surface area contributed by atoms with Crippen molar-refractivity contribution in [3.8, 4) is 0 Å². The Morgan fingerprint density at radius 2 is 2.12 bits per heavy atom. The van der Waals surface area contributed by atoms with Crippen LogP contribution in [0.1, 0.15) is 40.5 Å². The van der Waals surface area contributed by atoms with Gasteiger partial charge < -0.3 is 15.5 Å². The van der Waals surface area contributed by atoms with Crippen molar-refractivity contribution < 1.29 is 9.18 Å². The highest BCUT2D eigenvalue weighted by atomic mass is 19.1. The maximum atomic E-state index is 14.4. The summed E-state index contributed by atoms with van der Waals surface area (Å²) in [7, 11) is 3.80. The Morgan fingerprint density at radius 1 is 1.36 bits per heavy atom. The highest BCUT2D eigenvalue weighted by Gasteiger charge is 2.32. The molecule has 0 unspecified atom stereocenters. The smallest absolute Gasteiger partial charge is 0.276 e. The Balaban J connectivity index is 1.86. The van der Waals surface area contributed by atoms with Crippen molar-refractivity contribution in [1.29, 1.82) is 0 Å². The summed E-state index contributed by atoms with van der Waals surface area (Å²) in [6.45, 7) is 1.14. The lowest BCUT2D eigenvalue weighted by atomic mass is 10.0. The minimum absolute atomic E-state index is 0.116. The van der Waals surface area contributed by atoms with E-state index in [4.69, 9.17) is 5.73 Å². The highest BCUT2D eigenvalue weighted by Crippen LogP contribution is 2.34. The molecule has 0 aliphatic carbocycles. The minimum Gasteiger partial charge on any atom is -0.382 e. The van der Waals surface area contributed by atoms with Crippen LogP contribution < -0.4 is 5.73 Å². The molecule has 25 heavy (non-hydrogen) atoms. The molecule has 1 aromatic heterocycles. The maximum absolute atomic E-state index is 14.4. The predicted molar refractivity (Wildman–Crippen MR) is 93.2 cm³/mol. The van der Waals surface area contributed by atoms with E-state index in [0.29, 0.717) is 18.7 Å². The SMILES string of the molecule is CN(C)Cc1ccc([C@H]2CCCN2C(=O)c2nccnc2N)cc1F. The van der Waals surface area contributed by atoms with Crippen LogP contribution in [0.15, 0.2) is 30.6 Å². The summed E-state index contributed by atoms with van der Waals surface area (Å²) in [5.41, 5.74) is 7.37. The summed E-state index contributed by atoms with van der Waals surface area (Å²) in [6, 6.07) is 5.06. The van der Waals surface area contributed by atoms with Gasteiger partial charge >= 0.3 is 0 Å². The molecule has 0 saturated carbocycles. The van der Waals surface area contributed by atoms with Gasteiger partial charge in [-0.2, -0.15) is 0 Å². The third-order valence-electron chi connectivity index (χ3n) is 4.39. The molecule has 0 radical (unpaired) electrons. The third-order valence-corrected chi connectivity index (χ3v) is 4.39. The predicted octanol–water partition coefficient (Wildman–Crippen LogP) is 2.24. The largest absolute Gasteiger partial charge is 0.382 e. The summed E-state index contributed by atoms with van der Waals surface area (Å²) < 4.78 is 14.4. The summed E-state index contributed by atoms with van der Waals surface area (Å²) >= 11 is 0. The fourth-order valence-electron chi connectivity index (χ4n) is 3.25. The van der Waals surface area contributed by atoms with Crippen molar-refractivity contribution >= 4 is 11.7 Å². The Bertz CT molecular complexity index is 780. The van der Waals surface area contributed by atoms with Crippen LogP contribution in [-0.4, -0.2) is 46.3 Å². The number of rotatable bonds is 4. The van der Waals surface area contributed by atoms with Crippen LogP contribution >= 0.6 is 0 Å². The van der Waals surface area contributed by atoms with Gasteiger partial charge in [-0.3, -0.25) is 4.79 Å². The number of nitrogens with zero attached hydrogens (tertiary/aromatic N) is 4.